The molecule has 0 aliphatic heterocycles. The Morgan fingerprint density at radius 2 is 1.79 bits per heavy atom. The molecule has 0 amide bonds. The standard InChI is InChI=1S/C16H19N3/c17-15(10-13-6-3-7-19-16(13)18)14-8-11-4-1-2-5-12(11)9-14/h1-7,14-15H,8-10,17H2,(H2,18,19). The second kappa shape index (κ2) is 5.02. The van der Waals surface area contributed by atoms with E-state index in [9.17, 15) is 0 Å². The molecule has 0 saturated heterocycles. The van der Waals surface area contributed by atoms with E-state index >= 15 is 0 Å². The van der Waals surface area contributed by atoms with Crippen LogP contribution in [0.15, 0.2) is 42.6 Å². The van der Waals surface area contributed by atoms with E-state index in [2.05, 4.69) is 29.2 Å². The molecule has 0 fully saturated rings. The Hall–Kier alpha value is -1.87. The molecule has 1 atom stereocenters. The minimum Gasteiger partial charge on any atom is -0.383 e. The zero-order chi connectivity index (χ0) is 13.2. The number of nitrogen functional groups attached to an aromatic ring is 1. The van der Waals surface area contributed by atoms with Crippen molar-refractivity contribution in [1.29, 1.82) is 0 Å². The number of anilines is 1. The van der Waals surface area contributed by atoms with Gasteiger partial charge >= 0.3 is 0 Å². The minimum atomic E-state index is 0.138. The van der Waals surface area contributed by atoms with Gasteiger partial charge < -0.3 is 11.5 Å². The summed E-state index contributed by atoms with van der Waals surface area (Å²) in [6, 6.07) is 12.7. The van der Waals surface area contributed by atoms with Crippen LogP contribution in [0.4, 0.5) is 5.82 Å². The average Bonchev–Trinajstić information content (AvgIpc) is 2.85. The quantitative estimate of drug-likeness (QED) is 0.878. The Balaban J connectivity index is 1.70. The zero-order valence-electron chi connectivity index (χ0n) is 10.9. The number of nitrogens with zero attached hydrogens (tertiary/aromatic N) is 1. The first-order chi connectivity index (χ1) is 9.24. The van der Waals surface area contributed by atoms with E-state index in [1.54, 1.807) is 6.20 Å². The van der Waals surface area contributed by atoms with Gasteiger partial charge in [0, 0.05) is 12.2 Å². The highest BCUT2D eigenvalue weighted by Gasteiger charge is 2.26. The molecule has 1 aliphatic carbocycles. The molecule has 19 heavy (non-hydrogen) atoms. The van der Waals surface area contributed by atoms with Crippen LogP contribution >= 0.6 is 0 Å². The molecule has 1 heterocycles. The van der Waals surface area contributed by atoms with E-state index < -0.39 is 0 Å². The van der Waals surface area contributed by atoms with E-state index in [1.165, 1.54) is 11.1 Å². The van der Waals surface area contributed by atoms with Gasteiger partial charge in [0.2, 0.25) is 0 Å². The lowest BCUT2D eigenvalue weighted by Crippen LogP contribution is -2.33. The van der Waals surface area contributed by atoms with Crippen LogP contribution in [0, 0.1) is 5.92 Å². The molecule has 0 spiro atoms. The van der Waals surface area contributed by atoms with Crippen LogP contribution in [0.25, 0.3) is 0 Å². The number of pyridine rings is 1. The summed E-state index contributed by atoms with van der Waals surface area (Å²) in [7, 11) is 0. The maximum absolute atomic E-state index is 6.38. The number of rotatable bonds is 3. The predicted molar refractivity (Wildman–Crippen MR) is 77.7 cm³/mol. The van der Waals surface area contributed by atoms with Crippen molar-refractivity contribution in [3.8, 4) is 0 Å². The third-order valence-electron chi connectivity index (χ3n) is 4.07. The molecule has 3 rings (SSSR count). The third kappa shape index (κ3) is 2.47. The van der Waals surface area contributed by atoms with Gasteiger partial charge in [-0.25, -0.2) is 4.98 Å². The molecule has 0 radical (unpaired) electrons. The normalized spacial score (nSPS) is 16.3. The van der Waals surface area contributed by atoms with E-state index in [0.717, 1.165) is 24.8 Å². The van der Waals surface area contributed by atoms with Gasteiger partial charge in [-0.15, -0.1) is 0 Å². The fourth-order valence-corrected chi connectivity index (χ4v) is 2.94. The van der Waals surface area contributed by atoms with Crippen LogP contribution in [0.1, 0.15) is 16.7 Å². The Labute approximate surface area is 113 Å². The van der Waals surface area contributed by atoms with Gasteiger partial charge in [0.15, 0.2) is 0 Å². The summed E-state index contributed by atoms with van der Waals surface area (Å²) in [5.41, 5.74) is 16.2. The molecule has 1 aromatic carbocycles. The Morgan fingerprint density at radius 3 is 2.42 bits per heavy atom. The van der Waals surface area contributed by atoms with Crippen LogP contribution in [-0.2, 0) is 19.3 Å². The second-order valence-electron chi connectivity index (χ2n) is 5.35. The van der Waals surface area contributed by atoms with E-state index in [-0.39, 0.29) is 6.04 Å². The first-order valence-electron chi connectivity index (χ1n) is 6.76. The van der Waals surface area contributed by atoms with Crippen LogP contribution in [-0.4, -0.2) is 11.0 Å². The fraction of sp³-hybridized carbons (Fsp3) is 0.312. The molecule has 3 heteroatoms. The van der Waals surface area contributed by atoms with Crippen molar-refractivity contribution < 1.29 is 0 Å². The molecule has 1 unspecified atom stereocenters. The maximum Gasteiger partial charge on any atom is 0.126 e. The van der Waals surface area contributed by atoms with Crippen molar-refractivity contribution >= 4 is 5.82 Å². The van der Waals surface area contributed by atoms with Crippen molar-refractivity contribution in [2.24, 2.45) is 11.7 Å². The smallest absolute Gasteiger partial charge is 0.126 e. The van der Waals surface area contributed by atoms with Crippen LogP contribution in [0.2, 0.25) is 0 Å². The van der Waals surface area contributed by atoms with Gasteiger partial charge in [-0.05, 0) is 47.9 Å². The van der Waals surface area contributed by atoms with E-state index in [1.807, 2.05) is 12.1 Å². The molecule has 98 valence electrons. The SMILES string of the molecule is Nc1ncccc1CC(N)C1Cc2ccccc2C1. The third-order valence-corrected chi connectivity index (χ3v) is 4.07. The van der Waals surface area contributed by atoms with Crippen LogP contribution < -0.4 is 11.5 Å². The summed E-state index contributed by atoms with van der Waals surface area (Å²) in [5, 5.41) is 0. The summed E-state index contributed by atoms with van der Waals surface area (Å²) in [4.78, 5) is 4.12. The summed E-state index contributed by atoms with van der Waals surface area (Å²) in [6.07, 6.45) is 4.68. The van der Waals surface area contributed by atoms with Crippen LogP contribution in [0.3, 0.4) is 0 Å². The number of fused-ring (bicyclic) bond motifs is 1. The maximum atomic E-state index is 6.38. The van der Waals surface area contributed by atoms with Gasteiger partial charge in [-0.3, -0.25) is 0 Å². The fourth-order valence-electron chi connectivity index (χ4n) is 2.94. The van der Waals surface area contributed by atoms with E-state index in [0.29, 0.717) is 11.7 Å². The van der Waals surface area contributed by atoms with Gasteiger partial charge in [-0.1, -0.05) is 30.3 Å². The molecule has 1 aromatic heterocycles. The van der Waals surface area contributed by atoms with E-state index in [4.69, 9.17) is 11.5 Å². The Kier molecular flexibility index (Phi) is 3.22. The summed E-state index contributed by atoms with van der Waals surface area (Å²) < 4.78 is 0. The summed E-state index contributed by atoms with van der Waals surface area (Å²) in [5.74, 6) is 1.12. The molecule has 2 aromatic rings. The second-order valence-corrected chi connectivity index (χ2v) is 5.35. The first kappa shape index (κ1) is 12.2. The summed E-state index contributed by atoms with van der Waals surface area (Å²) in [6.45, 7) is 0. The molecule has 3 nitrogen and oxygen atoms in total. The molecular formula is C16H19N3. The Morgan fingerprint density at radius 1 is 1.11 bits per heavy atom. The van der Waals surface area contributed by atoms with Gasteiger partial charge in [0.05, 0.1) is 0 Å². The lowest BCUT2D eigenvalue weighted by Gasteiger charge is -2.19. The van der Waals surface area contributed by atoms with Crippen molar-refractivity contribution in [2.75, 3.05) is 5.73 Å². The summed E-state index contributed by atoms with van der Waals surface area (Å²) >= 11 is 0. The number of benzene rings is 1. The number of hydrogen-bond donors (Lipinski definition) is 2. The molecular weight excluding hydrogens is 234 g/mol. The highest BCUT2D eigenvalue weighted by molar-refractivity contribution is 5.39. The minimum absolute atomic E-state index is 0.138. The molecule has 4 N–H and O–H groups in total. The van der Waals surface area contributed by atoms with Crippen molar-refractivity contribution in [3.05, 3.63) is 59.3 Å². The molecule has 0 saturated carbocycles. The number of hydrogen-bond acceptors (Lipinski definition) is 3. The molecule has 1 aliphatic rings. The Bertz CT molecular complexity index is 555. The van der Waals surface area contributed by atoms with Gasteiger partial charge in [0.1, 0.15) is 5.82 Å². The molecule has 0 bridgehead atoms. The highest BCUT2D eigenvalue weighted by Crippen LogP contribution is 2.29. The average molecular weight is 253 g/mol. The monoisotopic (exact) mass is 253 g/mol. The zero-order valence-corrected chi connectivity index (χ0v) is 10.9. The van der Waals surface area contributed by atoms with Gasteiger partial charge in [0.25, 0.3) is 0 Å². The van der Waals surface area contributed by atoms with Crippen LogP contribution in [0.5, 0.6) is 0 Å². The van der Waals surface area contributed by atoms with Crippen molar-refractivity contribution in [1.82, 2.24) is 4.98 Å². The van der Waals surface area contributed by atoms with Crippen molar-refractivity contribution in [2.45, 2.75) is 25.3 Å². The topological polar surface area (TPSA) is 64.9 Å². The lowest BCUT2D eigenvalue weighted by molar-refractivity contribution is 0.437. The number of nitrogens with two attached hydrogens (primary N) is 2. The lowest BCUT2D eigenvalue weighted by atomic mass is 9.92. The largest absolute Gasteiger partial charge is 0.383 e. The predicted octanol–water partition coefficient (Wildman–Crippen LogP) is 1.95. The van der Waals surface area contributed by atoms with Crippen molar-refractivity contribution in [3.63, 3.8) is 0 Å². The number of aromatic nitrogens is 1. The highest BCUT2D eigenvalue weighted by atomic mass is 14.8. The first-order valence-corrected chi connectivity index (χ1v) is 6.76. The van der Waals surface area contributed by atoms with Gasteiger partial charge in [-0.2, -0.15) is 0 Å².